The number of nitrogens with one attached hydrogen (secondary N) is 1. The van der Waals surface area contributed by atoms with E-state index in [1.54, 1.807) is 0 Å². The average Bonchev–Trinajstić information content (AvgIpc) is 2.43. The highest BCUT2D eigenvalue weighted by Crippen LogP contribution is 2.27. The van der Waals surface area contributed by atoms with Crippen molar-refractivity contribution in [2.75, 3.05) is 12.9 Å². The van der Waals surface area contributed by atoms with Crippen LogP contribution in [0.15, 0.2) is 0 Å². The number of alkyl halides is 1. The zero-order chi connectivity index (χ0) is 7.40. The molecule has 0 aromatic rings. The summed E-state index contributed by atoms with van der Waals surface area (Å²) < 4.78 is 0. The van der Waals surface area contributed by atoms with Gasteiger partial charge in [-0.15, -0.1) is 11.6 Å². The number of rotatable bonds is 3. The summed E-state index contributed by atoms with van der Waals surface area (Å²) in [5.74, 6) is 1.61. The van der Waals surface area contributed by atoms with Crippen LogP contribution in [-0.2, 0) is 0 Å². The van der Waals surface area contributed by atoms with Crippen molar-refractivity contribution in [3.05, 3.63) is 0 Å². The Hall–Kier alpha value is 0.250. The van der Waals surface area contributed by atoms with Crippen molar-refractivity contribution in [2.24, 2.45) is 5.92 Å². The molecule has 0 radical (unpaired) electrons. The van der Waals surface area contributed by atoms with E-state index in [0.29, 0.717) is 6.04 Å². The molecule has 0 aromatic heterocycles. The molecule has 0 spiro atoms. The smallest absolute Gasteiger partial charge is 0.0379 e. The van der Waals surface area contributed by atoms with Crippen molar-refractivity contribution in [1.82, 2.24) is 5.32 Å². The predicted octanol–water partition coefficient (Wildman–Crippen LogP) is 2.00. The Morgan fingerprint density at radius 1 is 1.50 bits per heavy atom. The quantitative estimate of drug-likeness (QED) is 0.625. The zero-order valence-corrected chi connectivity index (χ0v) is 7.32. The van der Waals surface area contributed by atoms with Crippen LogP contribution in [0.4, 0.5) is 0 Å². The van der Waals surface area contributed by atoms with Crippen molar-refractivity contribution in [3.8, 4) is 0 Å². The van der Waals surface area contributed by atoms with Crippen LogP contribution in [-0.4, -0.2) is 19.0 Å². The van der Waals surface area contributed by atoms with E-state index in [2.05, 4.69) is 5.32 Å². The molecule has 1 atom stereocenters. The third kappa shape index (κ3) is 1.86. The highest BCUT2D eigenvalue weighted by atomic mass is 35.5. The normalized spacial score (nSPS) is 23.4. The fraction of sp³-hybridized carbons (Fsp3) is 1.00. The third-order valence-corrected chi connectivity index (χ3v) is 2.84. The molecule has 1 nitrogen and oxygen atoms in total. The summed E-state index contributed by atoms with van der Waals surface area (Å²) in [6.07, 6.45) is 5.55. The molecule has 0 heterocycles. The fourth-order valence-corrected chi connectivity index (χ4v) is 2.20. The Bertz CT molecular complexity index is 85.3. The van der Waals surface area contributed by atoms with E-state index in [1.165, 1.54) is 25.7 Å². The van der Waals surface area contributed by atoms with Crippen LogP contribution in [0.2, 0.25) is 0 Å². The van der Waals surface area contributed by atoms with E-state index in [9.17, 15) is 0 Å². The molecule has 1 saturated carbocycles. The highest BCUT2D eigenvalue weighted by Gasteiger charge is 2.22. The van der Waals surface area contributed by atoms with Crippen LogP contribution in [0.25, 0.3) is 0 Å². The van der Waals surface area contributed by atoms with Gasteiger partial charge in [0.05, 0.1) is 0 Å². The van der Waals surface area contributed by atoms with Gasteiger partial charge in [-0.3, -0.25) is 0 Å². The lowest BCUT2D eigenvalue weighted by Gasteiger charge is -2.19. The van der Waals surface area contributed by atoms with E-state index in [0.717, 1.165) is 11.8 Å². The lowest BCUT2D eigenvalue weighted by Crippen LogP contribution is -2.33. The first-order chi connectivity index (χ1) is 4.88. The van der Waals surface area contributed by atoms with E-state index in [1.807, 2.05) is 7.05 Å². The van der Waals surface area contributed by atoms with Gasteiger partial charge >= 0.3 is 0 Å². The lowest BCUT2D eigenvalue weighted by molar-refractivity contribution is 0.408. The van der Waals surface area contributed by atoms with Crippen molar-refractivity contribution >= 4 is 11.6 Å². The molecule has 60 valence electrons. The topological polar surface area (TPSA) is 12.0 Å². The van der Waals surface area contributed by atoms with Crippen LogP contribution >= 0.6 is 11.6 Å². The second-order valence-corrected chi connectivity index (χ2v) is 3.40. The molecule has 1 N–H and O–H groups in total. The van der Waals surface area contributed by atoms with Crippen molar-refractivity contribution in [3.63, 3.8) is 0 Å². The lowest BCUT2D eigenvalue weighted by atomic mass is 10.0. The fourth-order valence-electron chi connectivity index (χ4n) is 1.80. The number of hydrogen-bond acceptors (Lipinski definition) is 1. The Balaban J connectivity index is 2.29. The van der Waals surface area contributed by atoms with Crippen LogP contribution in [0.1, 0.15) is 25.7 Å². The average molecular weight is 162 g/mol. The highest BCUT2D eigenvalue weighted by molar-refractivity contribution is 6.18. The van der Waals surface area contributed by atoms with Gasteiger partial charge in [0.1, 0.15) is 0 Å². The Morgan fingerprint density at radius 2 is 2.10 bits per heavy atom. The molecule has 10 heavy (non-hydrogen) atoms. The second-order valence-electron chi connectivity index (χ2n) is 3.09. The maximum atomic E-state index is 5.79. The van der Waals surface area contributed by atoms with E-state index in [-0.39, 0.29) is 0 Å². The largest absolute Gasteiger partial charge is 0.316 e. The van der Waals surface area contributed by atoms with Gasteiger partial charge in [0.15, 0.2) is 0 Å². The van der Waals surface area contributed by atoms with Gasteiger partial charge in [0, 0.05) is 11.9 Å². The van der Waals surface area contributed by atoms with E-state index in [4.69, 9.17) is 11.6 Å². The maximum absolute atomic E-state index is 5.79. The minimum Gasteiger partial charge on any atom is -0.316 e. The predicted molar refractivity (Wildman–Crippen MR) is 45.5 cm³/mol. The molecule has 0 amide bonds. The number of halogens is 1. The van der Waals surface area contributed by atoms with Gasteiger partial charge in [0.2, 0.25) is 0 Å². The Morgan fingerprint density at radius 3 is 2.50 bits per heavy atom. The summed E-state index contributed by atoms with van der Waals surface area (Å²) in [7, 11) is 2.01. The Kier molecular flexibility index (Phi) is 3.50. The summed E-state index contributed by atoms with van der Waals surface area (Å²) in [5.41, 5.74) is 0. The van der Waals surface area contributed by atoms with Gasteiger partial charge in [-0.2, -0.15) is 0 Å². The molecule has 1 unspecified atom stereocenters. The van der Waals surface area contributed by atoms with Gasteiger partial charge in [-0.25, -0.2) is 0 Å². The molecule has 1 aliphatic rings. The van der Waals surface area contributed by atoms with Crippen LogP contribution in [0.5, 0.6) is 0 Å². The summed E-state index contributed by atoms with van der Waals surface area (Å²) in [6, 6.07) is 0.559. The molecule has 2 heteroatoms. The minimum atomic E-state index is 0.559. The number of hydrogen-bond donors (Lipinski definition) is 1. The standard InChI is InChI=1S/C8H16ClN/c1-10-8(6-9)7-4-2-3-5-7/h7-8,10H,2-6H2,1H3. The van der Waals surface area contributed by atoms with E-state index < -0.39 is 0 Å². The summed E-state index contributed by atoms with van der Waals surface area (Å²) in [4.78, 5) is 0. The SMILES string of the molecule is CNC(CCl)C1CCCC1. The van der Waals surface area contributed by atoms with Gasteiger partial charge < -0.3 is 5.32 Å². The molecule has 1 rings (SSSR count). The van der Waals surface area contributed by atoms with Crippen molar-refractivity contribution in [1.29, 1.82) is 0 Å². The van der Waals surface area contributed by atoms with Crippen molar-refractivity contribution < 1.29 is 0 Å². The zero-order valence-electron chi connectivity index (χ0n) is 6.57. The van der Waals surface area contributed by atoms with Gasteiger partial charge in [-0.1, -0.05) is 12.8 Å². The summed E-state index contributed by atoms with van der Waals surface area (Å²) in [5, 5.41) is 3.26. The second kappa shape index (κ2) is 4.20. The first-order valence-electron chi connectivity index (χ1n) is 4.11. The minimum absolute atomic E-state index is 0.559. The molecule has 1 fully saturated rings. The van der Waals surface area contributed by atoms with Crippen LogP contribution < -0.4 is 5.32 Å². The Labute approximate surface area is 68.1 Å². The third-order valence-electron chi connectivity index (χ3n) is 2.51. The van der Waals surface area contributed by atoms with Gasteiger partial charge in [0.25, 0.3) is 0 Å². The molecule has 0 saturated heterocycles. The monoisotopic (exact) mass is 161 g/mol. The van der Waals surface area contributed by atoms with E-state index >= 15 is 0 Å². The van der Waals surface area contributed by atoms with Crippen LogP contribution in [0.3, 0.4) is 0 Å². The molecule has 0 aromatic carbocycles. The maximum Gasteiger partial charge on any atom is 0.0379 e. The molecule has 0 bridgehead atoms. The summed E-state index contributed by atoms with van der Waals surface area (Å²) in [6.45, 7) is 0. The molecular formula is C8H16ClN. The molecule has 0 aliphatic heterocycles. The van der Waals surface area contributed by atoms with Crippen molar-refractivity contribution in [2.45, 2.75) is 31.7 Å². The van der Waals surface area contributed by atoms with Crippen LogP contribution in [0, 0.1) is 5.92 Å². The van der Waals surface area contributed by atoms with Gasteiger partial charge in [-0.05, 0) is 25.8 Å². The first-order valence-corrected chi connectivity index (χ1v) is 4.65. The first kappa shape index (κ1) is 8.35. The molecule has 1 aliphatic carbocycles. The summed E-state index contributed by atoms with van der Waals surface area (Å²) >= 11 is 5.79. The molecular weight excluding hydrogens is 146 g/mol.